The van der Waals surface area contributed by atoms with Crippen molar-refractivity contribution < 1.29 is 4.79 Å². The zero-order chi connectivity index (χ0) is 12.1. The Kier molecular flexibility index (Phi) is 3.67. The molecule has 86 valence electrons. The third-order valence-corrected chi connectivity index (χ3v) is 2.92. The molecular formula is C13H12N2OS. The number of hydrogen-bond acceptors (Lipinski definition) is 3. The summed E-state index contributed by atoms with van der Waals surface area (Å²) in [5.41, 5.74) is 1.14. The Morgan fingerprint density at radius 3 is 2.76 bits per heavy atom. The maximum absolute atomic E-state index is 10.8. The average molecular weight is 244 g/mol. The van der Waals surface area contributed by atoms with Crippen LogP contribution in [0.25, 0.3) is 12.2 Å². The molecule has 1 aromatic heterocycles. The maximum Gasteiger partial charge on any atom is 0.223 e. The Balaban J connectivity index is 2.06. The van der Waals surface area contributed by atoms with Crippen LogP contribution in [-0.2, 0) is 4.79 Å². The summed E-state index contributed by atoms with van der Waals surface area (Å²) in [4.78, 5) is 16.0. The van der Waals surface area contributed by atoms with Crippen LogP contribution in [-0.4, -0.2) is 10.9 Å². The zero-order valence-corrected chi connectivity index (χ0v) is 10.2. The molecule has 0 atom stereocenters. The van der Waals surface area contributed by atoms with Crippen molar-refractivity contribution in [3.63, 3.8) is 0 Å². The monoisotopic (exact) mass is 244 g/mol. The Labute approximate surface area is 104 Å². The minimum absolute atomic E-state index is 0.0991. The zero-order valence-electron chi connectivity index (χ0n) is 9.38. The molecule has 0 saturated carbocycles. The molecule has 1 heterocycles. The molecule has 0 fully saturated rings. The Morgan fingerprint density at radius 1 is 1.29 bits per heavy atom. The lowest BCUT2D eigenvalue weighted by Gasteiger charge is -1.92. The molecule has 0 aliphatic heterocycles. The van der Waals surface area contributed by atoms with Crippen LogP contribution >= 0.6 is 11.3 Å². The lowest BCUT2D eigenvalue weighted by atomic mass is 10.2. The van der Waals surface area contributed by atoms with Gasteiger partial charge in [0, 0.05) is 18.0 Å². The number of thiazole rings is 1. The summed E-state index contributed by atoms with van der Waals surface area (Å²) in [6.07, 6.45) is 5.75. The van der Waals surface area contributed by atoms with Gasteiger partial charge in [0.1, 0.15) is 0 Å². The third kappa shape index (κ3) is 3.53. The molecule has 0 radical (unpaired) electrons. The predicted octanol–water partition coefficient (Wildman–Crippen LogP) is 3.27. The van der Waals surface area contributed by atoms with Gasteiger partial charge in [-0.15, -0.1) is 0 Å². The quantitative estimate of drug-likeness (QED) is 0.900. The first-order valence-corrected chi connectivity index (χ1v) is 6.02. The number of carbonyl (C=O) groups excluding carboxylic acids is 1. The number of anilines is 1. The third-order valence-electron chi connectivity index (χ3n) is 2.05. The van der Waals surface area contributed by atoms with Gasteiger partial charge in [-0.25, -0.2) is 4.98 Å². The first kappa shape index (κ1) is 11.5. The van der Waals surface area contributed by atoms with E-state index in [1.54, 1.807) is 6.20 Å². The molecule has 0 bridgehead atoms. The van der Waals surface area contributed by atoms with Gasteiger partial charge in [-0.05, 0) is 11.6 Å². The highest BCUT2D eigenvalue weighted by Crippen LogP contribution is 2.20. The summed E-state index contributed by atoms with van der Waals surface area (Å²) in [5, 5.41) is 3.29. The van der Waals surface area contributed by atoms with Crippen LogP contribution in [0.3, 0.4) is 0 Å². The van der Waals surface area contributed by atoms with Crippen molar-refractivity contribution in [2.24, 2.45) is 0 Å². The van der Waals surface area contributed by atoms with Crippen LogP contribution in [0.2, 0.25) is 0 Å². The predicted molar refractivity (Wildman–Crippen MR) is 71.8 cm³/mol. The van der Waals surface area contributed by atoms with Crippen molar-refractivity contribution >= 4 is 34.5 Å². The molecule has 1 aromatic carbocycles. The lowest BCUT2D eigenvalue weighted by Crippen LogP contribution is -2.04. The molecule has 2 aromatic rings. The van der Waals surface area contributed by atoms with Gasteiger partial charge >= 0.3 is 0 Å². The van der Waals surface area contributed by atoms with Crippen LogP contribution in [0.1, 0.15) is 17.4 Å². The molecular weight excluding hydrogens is 232 g/mol. The summed E-state index contributed by atoms with van der Waals surface area (Å²) in [6.45, 7) is 1.47. The number of nitrogens with one attached hydrogen (secondary N) is 1. The van der Waals surface area contributed by atoms with E-state index < -0.39 is 0 Å². The second-order valence-electron chi connectivity index (χ2n) is 3.49. The van der Waals surface area contributed by atoms with Crippen molar-refractivity contribution in [1.29, 1.82) is 0 Å². The van der Waals surface area contributed by atoms with Crippen molar-refractivity contribution in [1.82, 2.24) is 4.98 Å². The summed E-state index contributed by atoms with van der Waals surface area (Å²) in [7, 11) is 0. The van der Waals surface area contributed by atoms with Gasteiger partial charge < -0.3 is 5.32 Å². The van der Waals surface area contributed by atoms with Gasteiger partial charge in [-0.3, -0.25) is 4.79 Å². The lowest BCUT2D eigenvalue weighted by molar-refractivity contribution is -0.114. The van der Waals surface area contributed by atoms with Crippen molar-refractivity contribution in [3.8, 4) is 0 Å². The fourth-order valence-electron chi connectivity index (χ4n) is 1.31. The Hall–Kier alpha value is -1.94. The minimum Gasteiger partial charge on any atom is -0.302 e. The van der Waals surface area contributed by atoms with E-state index in [0.717, 1.165) is 10.4 Å². The largest absolute Gasteiger partial charge is 0.302 e. The van der Waals surface area contributed by atoms with Crippen LogP contribution in [0, 0.1) is 0 Å². The van der Waals surface area contributed by atoms with Crippen LogP contribution < -0.4 is 5.32 Å². The number of amides is 1. The van der Waals surface area contributed by atoms with Crippen LogP contribution in [0.5, 0.6) is 0 Å². The van der Waals surface area contributed by atoms with E-state index in [-0.39, 0.29) is 5.91 Å². The van der Waals surface area contributed by atoms with E-state index >= 15 is 0 Å². The summed E-state index contributed by atoms with van der Waals surface area (Å²) in [6, 6.07) is 10.0. The highest BCUT2D eigenvalue weighted by atomic mass is 32.1. The van der Waals surface area contributed by atoms with Gasteiger partial charge in [0.05, 0.1) is 0 Å². The fraction of sp³-hybridized carbons (Fsp3) is 0.0769. The smallest absolute Gasteiger partial charge is 0.223 e. The van der Waals surface area contributed by atoms with E-state index in [1.165, 1.54) is 18.3 Å². The van der Waals surface area contributed by atoms with Crippen molar-refractivity contribution in [2.45, 2.75) is 6.92 Å². The van der Waals surface area contributed by atoms with Gasteiger partial charge in [0.25, 0.3) is 0 Å². The minimum atomic E-state index is -0.0991. The fourth-order valence-corrected chi connectivity index (χ4v) is 2.08. The van der Waals surface area contributed by atoms with Gasteiger partial charge in [-0.1, -0.05) is 47.7 Å². The first-order chi connectivity index (χ1) is 8.24. The topological polar surface area (TPSA) is 42.0 Å². The molecule has 1 amide bonds. The molecule has 3 nitrogen and oxygen atoms in total. The standard InChI is InChI=1S/C13H12N2OS/c1-10(16)15-13-14-9-12(17-13)8-7-11-5-3-2-4-6-11/h2-9H,1H3,(H,14,15,16). The average Bonchev–Trinajstić information content (AvgIpc) is 2.75. The molecule has 1 N–H and O–H groups in total. The van der Waals surface area contributed by atoms with E-state index in [4.69, 9.17) is 0 Å². The van der Waals surface area contributed by atoms with Gasteiger partial charge in [0.2, 0.25) is 5.91 Å². The van der Waals surface area contributed by atoms with E-state index in [0.29, 0.717) is 5.13 Å². The highest BCUT2D eigenvalue weighted by Gasteiger charge is 2.00. The number of hydrogen-bond donors (Lipinski definition) is 1. The molecule has 17 heavy (non-hydrogen) atoms. The molecule has 0 unspecified atom stereocenters. The molecule has 0 aliphatic rings. The van der Waals surface area contributed by atoms with E-state index in [2.05, 4.69) is 10.3 Å². The number of aromatic nitrogens is 1. The number of carbonyl (C=O) groups is 1. The van der Waals surface area contributed by atoms with E-state index in [9.17, 15) is 4.79 Å². The Morgan fingerprint density at radius 2 is 2.06 bits per heavy atom. The SMILES string of the molecule is CC(=O)Nc1ncc(C=Cc2ccccc2)s1. The summed E-state index contributed by atoms with van der Waals surface area (Å²) >= 11 is 1.45. The van der Waals surface area contributed by atoms with Crippen molar-refractivity contribution in [2.75, 3.05) is 5.32 Å². The number of benzene rings is 1. The second-order valence-corrected chi connectivity index (χ2v) is 4.56. The molecule has 2 rings (SSSR count). The maximum atomic E-state index is 10.8. The van der Waals surface area contributed by atoms with Crippen LogP contribution in [0.15, 0.2) is 36.5 Å². The van der Waals surface area contributed by atoms with Crippen LogP contribution in [0.4, 0.5) is 5.13 Å². The van der Waals surface area contributed by atoms with Crippen molar-refractivity contribution in [3.05, 3.63) is 47.0 Å². The highest BCUT2D eigenvalue weighted by molar-refractivity contribution is 7.16. The summed E-state index contributed by atoms with van der Waals surface area (Å²) in [5.74, 6) is -0.0991. The molecule has 4 heteroatoms. The van der Waals surface area contributed by atoms with Gasteiger partial charge in [-0.2, -0.15) is 0 Å². The second kappa shape index (κ2) is 5.41. The Bertz CT molecular complexity index is 531. The normalized spacial score (nSPS) is 10.6. The number of nitrogens with zero attached hydrogens (tertiary/aromatic N) is 1. The molecule has 0 saturated heterocycles. The van der Waals surface area contributed by atoms with Gasteiger partial charge in [0.15, 0.2) is 5.13 Å². The molecule has 0 aliphatic carbocycles. The summed E-state index contributed by atoms with van der Waals surface area (Å²) < 4.78 is 0. The number of rotatable bonds is 3. The van der Waals surface area contributed by atoms with E-state index in [1.807, 2.05) is 42.5 Å². The first-order valence-electron chi connectivity index (χ1n) is 5.20. The molecule has 0 spiro atoms.